The number of nitrogens with one attached hydrogen (secondary N) is 1. The molecule has 0 aliphatic heterocycles. The number of hydrogen-bond acceptors (Lipinski definition) is 5. The van der Waals surface area contributed by atoms with Crippen LogP contribution in [-0.2, 0) is 4.74 Å². The Morgan fingerprint density at radius 3 is 3.08 bits per heavy atom. The van der Waals surface area contributed by atoms with Crippen molar-refractivity contribution in [3.63, 3.8) is 0 Å². The summed E-state index contributed by atoms with van der Waals surface area (Å²) in [7, 11) is 1.59. The number of nitrogens with zero attached hydrogens (tertiary/aromatic N) is 3. The van der Waals surface area contributed by atoms with Gasteiger partial charge < -0.3 is 4.74 Å². The third-order valence-corrected chi connectivity index (χ3v) is 1.33. The third-order valence-electron chi connectivity index (χ3n) is 1.13. The number of aromatic nitrogens is 2. The van der Waals surface area contributed by atoms with Crippen molar-refractivity contribution in [3.05, 3.63) is 17.5 Å². The second kappa shape index (κ2) is 5.45. The largest absolute Gasteiger partial charge is 0.379 e. The van der Waals surface area contributed by atoms with Crippen LogP contribution in [0.3, 0.4) is 0 Å². The van der Waals surface area contributed by atoms with Crippen LogP contribution >= 0.6 is 11.6 Å². The number of hydrogen-bond donors (Lipinski definition) is 1. The molecule has 0 saturated carbocycles. The smallest absolute Gasteiger partial charge is 0.164 e. The van der Waals surface area contributed by atoms with Gasteiger partial charge in [-0.1, -0.05) is 11.6 Å². The van der Waals surface area contributed by atoms with E-state index in [4.69, 9.17) is 16.3 Å². The van der Waals surface area contributed by atoms with Gasteiger partial charge in [0.05, 0.1) is 25.2 Å². The van der Waals surface area contributed by atoms with Crippen molar-refractivity contribution in [3.8, 4) is 0 Å². The summed E-state index contributed by atoms with van der Waals surface area (Å²) in [5.41, 5.74) is 2.66. The first-order chi connectivity index (χ1) is 6.33. The van der Waals surface area contributed by atoms with Gasteiger partial charge in [-0.3, -0.25) is 5.43 Å². The van der Waals surface area contributed by atoms with E-state index in [2.05, 4.69) is 20.5 Å². The lowest BCUT2D eigenvalue weighted by atomic mass is 10.7. The molecule has 0 fully saturated rings. The number of methoxy groups -OCH3 is 1. The normalized spacial score (nSPS) is 10.6. The molecule has 0 spiro atoms. The second-order valence-corrected chi connectivity index (χ2v) is 2.49. The zero-order valence-electron chi connectivity index (χ0n) is 7.07. The predicted octanol–water partition coefficient (Wildman–Crippen LogP) is 1.17. The Balaban J connectivity index is 2.41. The molecular weight excluding hydrogens is 192 g/mol. The van der Waals surface area contributed by atoms with Crippen LogP contribution in [0.5, 0.6) is 0 Å². The Bertz CT molecular complexity index is 274. The highest BCUT2D eigenvalue weighted by Gasteiger charge is 1.91. The molecule has 0 aromatic carbocycles. The SMILES string of the molecule is COC/C=N/Nc1cnc(Cl)cn1. The minimum Gasteiger partial charge on any atom is -0.379 e. The van der Waals surface area contributed by atoms with E-state index in [1.54, 1.807) is 13.3 Å². The van der Waals surface area contributed by atoms with E-state index in [9.17, 15) is 0 Å². The van der Waals surface area contributed by atoms with E-state index in [0.29, 0.717) is 17.6 Å². The minimum absolute atomic E-state index is 0.353. The van der Waals surface area contributed by atoms with Gasteiger partial charge in [0.15, 0.2) is 5.82 Å². The van der Waals surface area contributed by atoms with Crippen molar-refractivity contribution in [2.75, 3.05) is 19.1 Å². The Morgan fingerprint density at radius 1 is 1.62 bits per heavy atom. The van der Waals surface area contributed by atoms with Crippen LogP contribution in [0.1, 0.15) is 0 Å². The predicted molar refractivity (Wildman–Crippen MR) is 51.0 cm³/mol. The summed E-state index contributed by atoms with van der Waals surface area (Å²) in [6.07, 6.45) is 4.51. The first-order valence-electron chi connectivity index (χ1n) is 3.57. The van der Waals surface area contributed by atoms with Gasteiger partial charge in [-0.05, 0) is 0 Å². The highest BCUT2D eigenvalue weighted by Crippen LogP contribution is 2.04. The average molecular weight is 201 g/mol. The summed E-state index contributed by atoms with van der Waals surface area (Å²) in [6.45, 7) is 0.452. The molecule has 6 heteroatoms. The first-order valence-corrected chi connectivity index (χ1v) is 3.94. The van der Waals surface area contributed by atoms with Crippen LogP contribution < -0.4 is 5.43 Å². The first kappa shape index (κ1) is 9.88. The molecule has 0 unspecified atom stereocenters. The zero-order chi connectivity index (χ0) is 9.52. The molecule has 0 bridgehead atoms. The van der Waals surface area contributed by atoms with Gasteiger partial charge in [-0.15, -0.1) is 0 Å². The van der Waals surface area contributed by atoms with Crippen molar-refractivity contribution in [1.82, 2.24) is 9.97 Å². The fourth-order valence-corrected chi connectivity index (χ4v) is 0.691. The minimum atomic E-state index is 0.353. The van der Waals surface area contributed by atoms with Gasteiger partial charge in [-0.2, -0.15) is 5.10 Å². The molecule has 0 radical (unpaired) electrons. The van der Waals surface area contributed by atoms with Crippen LogP contribution in [-0.4, -0.2) is 29.9 Å². The molecular formula is C7H9ClN4O. The maximum Gasteiger partial charge on any atom is 0.164 e. The Morgan fingerprint density at radius 2 is 2.46 bits per heavy atom. The maximum atomic E-state index is 5.54. The number of anilines is 1. The van der Waals surface area contributed by atoms with Crippen molar-refractivity contribution < 1.29 is 4.74 Å². The van der Waals surface area contributed by atoms with Crippen LogP contribution in [0.4, 0.5) is 5.82 Å². The zero-order valence-corrected chi connectivity index (χ0v) is 7.82. The molecule has 0 saturated heterocycles. The Kier molecular flexibility index (Phi) is 4.14. The summed E-state index contributed by atoms with van der Waals surface area (Å²) >= 11 is 5.54. The molecule has 5 nitrogen and oxygen atoms in total. The van der Waals surface area contributed by atoms with Gasteiger partial charge in [0.25, 0.3) is 0 Å². The molecule has 1 rings (SSSR count). The van der Waals surface area contributed by atoms with Crippen LogP contribution in [0.25, 0.3) is 0 Å². The van der Waals surface area contributed by atoms with E-state index in [1.807, 2.05) is 0 Å². The topological polar surface area (TPSA) is 59.4 Å². The lowest BCUT2D eigenvalue weighted by molar-refractivity contribution is 0.248. The molecule has 0 atom stereocenters. The summed E-state index contributed by atoms with van der Waals surface area (Å²) in [5.74, 6) is 0.539. The molecule has 1 heterocycles. The van der Waals surface area contributed by atoms with Crippen molar-refractivity contribution in [1.29, 1.82) is 0 Å². The highest BCUT2D eigenvalue weighted by atomic mass is 35.5. The van der Waals surface area contributed by atoms with Gasteiger partial charge in [0.2, 0.25) is 0 Å². The molecule has 1 aromatic rings. The summed E-state index contributed by atoms with van der Waals surface area (Å²) < 4.78 is 4.75. The number of hydrazone groups is 1. The highest BCUT2D eigenvalue weighted by molar-refractivity contribution is 6.29. The van der Waals surface area contributed by atoms with Gasteiger partial charge in [0.1, 0.15) is 5.15 Å². The number of ether oxygens (including phenoxy) is 1. The van der Waals surface area contributed by atoms with Crippen LogP contribution in [0, 0.1) is 0 Å². The van der Waals surface area contributed by atoms with Crippen molar-refractivity contribution >= 4 is 23.6 Å². The molecule has 0 amide bonds. The van der Waals surface area contributed by atoms with Gasteiger partial charge >= 0.3 is 0 Å². The third kappa shape index (κ3) is 3.82. The molecule has 1 aromatic heterocycles. The lowest BCUT2D eigenvalue weighted by Gasteiger charge is -1.96. The fraction of sp³-hybridized carbons (Fsp3) is 0.286. The van der Waals surface area contributed by atoms with E-state index in [0.717, 1.165) is 0 Å². The average Bonchev–Trinajstić information content (AvgIpc) is 2.15. The quantitative estimate of drug-likeness (QED) is 0.586. The van der Waals surface area contributed by atoms with Crippen LogP contribution in [0.2, 0.25) is 5.15 Å². The molecule has 70 valence electrons. The summed E-state index contributed by atoms with van der Waals surface area (Å²) in [6, 6.07) is 0. The van der Waals surface area contributed by atoms with E-state index >= 15 is 0 Å². The molecule has 1 N–H and O–H groups in total. The van der Waals surface area contributed by atoms with E-state index in [1.165, 1.54) is 12.4 Å². The van der Waals surface area contributed by atoms with Crippen molar-refractivity contribution in [2.45, 2.75) is 0 Å². The fourth-order valence-electron chi connectivity index (χ4n) is 0.594. The second-order valence-electron chi connectivity index (χ2n) is 2.10. The molecule has 13 heavy (non-hydrogen) atoms. The standard InChI is InChI=1S/C7H9ClN4O/c1-13-3-2-11-12-7-5-9-6(8)4-10-7/h2,4-5H,3H2,1H3,(H,10,12)/b11-2+. The van der Waals surface area contributed by atoms with Gasteiger partial charge in [0, 0.05) is 7.11 Å². The van der Waals surface area contributed by atoms with E-state index in [-0.39, 0.29) is 0 Å². The Hall–Kier alpha value is -1.20. The maximum absolute atomic E-state index is 5.54. The summed E-state index contributed by atoms with van der Waals surface area (Å²) in [4.78, 5) is 7.73. The van der Waals surface area contributed by atoms with Crippen LogP contribution in [0.15, 0.2) is 17.5 Å². The molecule has 0 aliphatic rings. The Labute approximate surface area is 80.8 Å². The summed E-state index contributed by atoms with van der Waals surface area (Å²) in [5, 5.41) is 4.17. The van der Waals surface area contributed by atoms with Gasteiger partial charge in [-0.25, -0.2) is 9.97 Å². The molecule has 0 aliphatic carbocycles. The lowest BCUT2D eigenvalue weighted by Crippen LogP contribution is -1.96. The number of halogens is 1. The number of rotatable bonds is 4. The van der Waals surface area contributed by atoms with E-state index < -0.39 is 0 Å². The monoisotopic (exact) mass is 200 g/mol. The van der Waals surface area contributed by atoms with Crippen molar-refractivity contribution in [2.24, 2.45) is 5.10 Å².